The molecule has 0 spiro atoms. The molecule has 0 aliphatic carbocycles. The number of piperazine rings is 1. The smallest absolute Gasteiger partial charge is 0.219 e. The molecular weight excluding hydrogens is 190 g/mol. The third-order valence-corrected chi connectivity index (χ3v) is 2.90. The Balaban J connectivity index is 2.12. The summed E-state index contributed by atoms with van der Waals surface area (Å²) in [6.45, 7) is 7.83. The van der Waals surface area contributed by atoms with Crippen molar-refractivity contribution in [3.63, 3.8) is 0 Å². The minimum Gasteiger partial charge on any atom is -0.340 e. The molecule has 4 nitrogen and oxygen atoms in total. The van der Waals surface area contributed by atoms with Gasteiger partial charge in [0.25, 0.3) is 0 Å². The van der Waals surface area contributed by atoms with Crippen LogP contribution in [-0.2, 0) is 4.79 Å². The van der Waals surface area contributed by atoms with Crippen molar-refractivity contribution in [2.24, 2.45) is 0 Å². The molecule has 0 unspecified atom stereocenters. The molecule has 0 aromatic carbocycles. The molecule has 0 radical (unpaired) electrons. The van der Waals surface area contributed by atoms with E-state index in [1.165, 1.54) is 6.42 Å². The van der Waals surface area contributed by atoms with Crippen molar-refractivity contribution < 1.29 is 4.79 Å². The Morgan fingerprint density at radius 3 is 2.27 bits per heavy atom. The Bertz CT molecular complexity index is 198. The maximum Gasteiger partial charge on any atom is 0.219 e. The molecule has 1 rings (SSSR count). The van der Waals surface area contributed by atoms with E-state index < -0.39 is 0 Å². The molecule has 1 saturated heterocycles. The number of nitrogens with zero attached hydrogens (tertiary/aromatic N) is 3. The molecule has 0 N–H and O–H groups in total. The Labute approximate surface area is 92.8 Å². The van der Waals surface area contributed by atoms with E-state index in [0.29, 0.717) is 0 Å². The third kappa shape index (κ3) is 4.62. The van der Waals surface area contributed by atoms with Gasteiger partial charge in [-0.2, -0.15) is 0 Å². The highest BCUT2D eigenvalue weighted by Gasteiger charge is 2.17. The second-order valence-electron chi connectivity index (χ2n) is 4.50. The summed E-state index contributed by atoms with van der Waals surface area (Å²) in [6, 6.07) is 0. The molecule has 0 atom stereocenters. The third-order valence-electron chi connectivity index (χ3n) is 2.90. The first-order valence-electron chi connectivity index (χ1n) is 5.72. The van der Waals surface area contributed by atoms with Crippen LogP contribution in [0, 0.1) is 0 Å². The fourth-order valence-corrected chi connectivity index (χ4v) is 1.90. The van der Waals surface area contributed by atoms with Crippen molar-refractivity contribution in [2.45, 2.75) is 13.3 Å². The summed E-state index contributed by atoms with van der Waals surface area (Å²) < 4.78 is 0. The van der Waals surface area contributed by atoms with Gasteiger partial charge in [0.05, 0.1) is 0 Å². The molecule has 0 saturated carbocycles. The standard InChI is InChI=1S/C11H23N3O/c1-11(15)14-9-7-13(8-10-14)6-4-5-12(2)3/h4-10H2,1-3H3. The molecule has 1 aliphatic heterocycles. The molecule has 4 heteroatoms. The summed E-state index contributed by atoms with van der Waals surface area (Å²) in [5.41, 5.74) is 0. The van der Waals surface area contributed by atoms with Crippen LogP contribution in [0.15, 0.2) is 0 Å². The predicted molar refractivity (Wildman–Crippen MR) is 61.9 cm³/mol. The molecule has 1 fully saturated rings. The normalized spacial score (nSPS) is 18.5. The van der Waals surface area contributed by atoms with Gasteiger partial charge in [-0.1, -0.05) is 0 Å². The molecule has 1 amide bonds. The molecular formula is C11H23N3O. The average Bonchev–Trinajstić information content (AvgIpc) is 2.18. The fourth-order valence-electron chi connectivity index (χ4n) is 1.90. The average molecular weight is 213 g/mol. The summed E-state index contributed by atoms with van der Waals surface area (Å²) in [6.07, 6.45) is 1.22. The lowest BCUT2D eigenvalue weighted by Gasteiger charge is -2.34. The molecule has 15 heavy (non-hydrogen) atoms. The minimum atomic E-state index is 0.211. The van der Waals surface area contributed by atoms with Gasteiger partial charge in [-0.3, -0.25) is 9.69 Å². The number of hydrogen-bond acceptors (Lipinski definition) is 3. The van der Waals surface area contributed by atoms with E-state index in [-0.39, 0.29) is 5.91 Å². The van der Waals surface area contributed by atoms with Crippen molar-refractivity contribution in [3.05, 3.63) is 0 Å². The van der Waals surface area contributed by atoms with Gasteiger partial charge in [0.2, 0.25) is 5.91 Å². The van der Waals surface area contributed by atoms with Gasteiger partial charge in [0, 0.05) is 33.1 Å². The number of carbonyl (C=O) groups is 1. The van der Waals surface area contributed by atoms with E-state index in [0.717, 1.165) is 39.3 Å². The number of rotatable bonds is 4. The van der Waals surface area contributed by atoms with Gasteiger partial charge >= 0.3 is 0 Å². The van der Waals surface area contributed by atoms with Gasteiger partial charge in [-0.15, -0.1) is 0 Å². The van der Waals surface area contributed by atoms with Crippen molar-refractivity contribution in [3.8, 4) is 0 Å². The predicted octanol–water partition coefficient (Wildman–Crippen LogP) is 0.102. The Morgan fingerprint density at radius 1 is 1.20 bits per heavy atom. The highest BCUT2D eigenvalue weighted by atomic mass is 16.2. The zero-order chi connectivity index (χ0) is 11.3. The highest BCUT2D eigenvalue weighted by Crippen LogP contribution is 2.02. The van der Waals surface area contributed by atoms with Crippen LogP contribution in [0.5, 0.6) is 0 Å². The summed E-state index contributed by atoms with van der Waals surface area (Å²) in [7, 11) is 4.21. The highest BCUT2D eigenvalue weighted by molar-refractivity contribution is 5.73. The number of carbonyl (C=O) groups excluding carboxylic acids is 1. The lowest BCUT2D eigenvalue weighted by atomic mass is 10.3. The monoisotopic (exact) mass is 213 g/mol. The summed E-state index contributed by atoms with van der Waals surface area (Å²) in [4.78, 5) is 17.7. The van der Waals surface area contributed by atoms with Crippen LogP contribution in [0.2, 0.25) is 0 Å². The first-order chi connectivity index (χ1) is 7.09. The topological polar surface area (TPSA) is 26.8 Å². The SMILES string of the molecule is CC(=O)N1CCN(CCCN(C)C)CC1. The second-order valence-corrected chi connectivity index (χ2v) is 4.50. The molecule has 0 aromatic rings. The van der Waals surface area contributed by atoms with E-state index in [1.807, 2.05) is 4.90 Å². The van der Waals surface area contributed by atoms with Crippen molar-refractivity contribution in [2.75, 3.05) is 53.4 Å². The fraction of sp³-hybridized carbons (Fsp3) is 0.909. The van der Waals surface area contributed by atoms with Crippen LogP contribution in [-0.4, -0.2) is 74.0 Å². The lowest BCUT2D eigenvalue weighted by molar-refractivity contribution is -0.130. The minimum absolute atomic E-state index is 0.211. The van der Waals surface area contributed by atoms with Crippen LogP contribution in [0.4, 0.5) is 0 Å². The summed E-state index contributed by atoms with van der Waals surface area (Å²) in [5, 5.41) is 0. The van der Waals surface area contributed by atoms with Crippen LogP contribution in [0.3, 0.4) is 0 Å². The van der Waals surface area contributed by atoms with Crippen LogP contribution >= 0.6 is 0 Å². The van der Waals surface area contributed by atoms with E-state index in [2.05, 4.69) is 23.9 Å². The van der Waals surface area contributed by atoms with E-state index in [4.69, 9.17) is 0 Å². The largest absolute Gasteiger partial charge is 0.340 e. The number of hydrogen-bond donors (Lipinski definition) is 0. The van der Waals surface area contributed by atoms with Gasteiger partial charge in [0.1, 0.15) is 0 Å². The van der Waals surface area contributed by atoms with Crippen LogP contribution < -0.4 is 0 Å². The Hall–Kier alpha value is -0.610. The molecule has 1 aliphatic rings. The molecule has 1 heterocycles. The molecule has 0 bridgehead atoms. The van der Waals surface area contributed by atoms with Gasteiger partial charge < -0.3 is 9.80 Å². The number of amides is 1. The lowest BCUT2D eigenvalue weighted by Crippen LogP contribution is -2.48. The van der Waals surface area contributed by atoms with E-state index >= 15 is 0 Å². The summed E-state index contributed by atoms with van der Waals surface area (Å²) in [5.74, 6) is 0.211. The van der Waals surface area contributed by atoms with Gasteiger partial charge in [0.15, 0.2) is 0 Å². The molecule has 88 valence electrons. The van der Waals surface area contributed by atoms with E-state index in [9.17, 15) is 4.79 Å². The van der Waals surface area contributed by atoms with Crippen LogP contribution in [0.1, 0.15) is 13.3 Å². The van der Waals surface area contributed by atoms with Crippen molar-refractivity contribution >= 4 is 5.91 Å². The van der Waals surface area contributed by atoms with Crippen molar-refractivity contribution in [1.82, 2.24) is 14.7 Å². The van der Waals surface area contributed by atoms with Crippen molar-refractivity contribution in [1.29, 1.82) is 0 Å². The zero-order valence-electron chi connectivity index (χ0n) is 10.2. The Morgan fingerprint density at radius 2 is 1.80 bits per heavy atom. The first kappa shape index (κ1) is 12.5. The van der Waals surface area contributed by atoms with E-state index in [1.54, 1.807) is 6.92 Å². The second kappa shape index (κ2) is 6.08. The zero-order valence-corrected chi connectivity index (χ0v) is 10.2. The van der Waals surface area contributed by atoms with Gasteiger partial charge in [-0.25, -0.2) is 0 Å². The van der Waals surface area contributed by atoms with Gasteiger partial charge in [-0.05, 0) is 33.6 Å². The maximum atomic E-state index is 11.1. The maximum absolute atomic E-state index is 11.1. The molecule has 0 aromatic heterocycles. The summed E-state index contributed by atoms with van der Waals surface area (Å²) >= 11 is 0. The Kier molecular flexibility index (Phi) is 5.05. The van der Waals surface area contributed by atoms with Crippen LogP contribution in [0.25, 0.3) is 0 Å². The first-order valence-corrected chi connectivity index (χ1v) is 5.72. The quantitative estimate of drug-likeness (QED) is 0.663.